The van der Waals surface area contributed by atoms with Crippen LogP contribution in [-0.4, -0.2) is 16.5 Å². The van der Waals surface area contributed by atoms with Gasteiger partial charge < -0.3 is 15.6 Å². The van der Waals surface area contributed by atoms with Gasteiger partial charge in [-0.05, 0) is 30.7 Å². The molecule has 0 spiro atoms. The van der Waals surface area contributed by atoms with Gasteiger partial charge in [-0.15, -0.1) is 0 Å². The van der Waals surface area contributed by atoms with Gasteiger partial charge in [-0.25, -0.2) is 0 Å². The van der Waals surface area contributed by atoms with Crippen LogP contribution in [0.1, 0.15) is 33.1 Å². The molecule has 1 aromatic heterocycles. The average molecular weight is 277 g/mol. The molecule has 1 saturated carbocycles. The van der Waals surface area contributed by atoms with Crippen molar-refractivity contribution in [1.29, 1.82) is 0 Å². The summed E-state index contributed by atoms with van der Waals surface area (Å²) >= 11 is 0. The predicted octanol–water partition coefficient (Wildman–Crippen LogP) is 1.37. The van der Waals surface area contributed by atoms with Gasteiger partial charge in [0.2, 0.25) is 5.91 Å². The number of anilines is 1. The van der Waals surface area contributed by atoms with Crippen LogP contribution in [0.5, 0.6) is 0 Å². The van der Waals surface area contributed by atoms with Crippen LogP contribution in [0.2, 0.25) is 0 Å². The van der Waals surface area contributed by atoms with Gasteiger partial charge in [-0.3, -0.25) is 9.59 Å². The highest BCUT2D eigenvalue weighted by atomic mass is 16.2. The summed E-state index contributed by atoms with van der Waals surface area (Å²) in [4.78, 5) is 23.7. The fourth-order valence-corrected chi connectivity index (χ4v) is 3.11. The van der Waals surface area contributed by atoms with E-state index in [1.54, 1.807) is 6.07 Å². The second-order valence-corrected chi connectivity index (χ2v) is 5.71. The zero-order valence-corrected chi connectivity index (χ0v) is 12.1. The predicted molar refractivity (Wildman–Crippen MR) is 79.2 cm³/mol. The summed E-state index contributed by atoms with van der Waals surface area (Å²) in [5, 5.41) is 3.05. The Labute approximate surface area is 119 Å². The summed E-state index contributed by atoms with van der Waals surface area (Å²) in [7, 11) is 0. The molecule has 0 saturated heterocycles. The van der Waals surface area contributed by atoms with E-state index in [4.69, 9.17) is 5.73 Å². The lowest BCUT2D eigenvalue weighted by Gasteiger charge is -2.21. The second-order valence-electron chi connectivity index (χ2n) is 5.71. The van der Waals surface area contributed by atoms with E-state index in [2.05, 4.69) is 19.2 Å². The largest absolute Gasteiger partial charge is 0.398 e. The van der Waals surface area contributed by atoms with Crippen LogP contribution in [0.4, 0.5) is 5.69 Å². The smallest absolute Gasteiger partial charge is 0.251 e. The minimum atomic E-state index is -0.208. The van der Waals surface area contributed by atoms with Crippen molar-refractivity contribution < 1.29 is 4.79 Å². The Morgan fingerprint density at radius 2 is 2.20 bits per heavy atom. The summed E-state index contributed by atoms with van der Waals surface area (Å²) in [5.74, 6) is 1.07. The zero-order valence-electron chi connectivity index (χ0n) is 12.1. The number of carbonyl (C=O) groups is 1. The number of hydrogen-bond donors (Lipinski definition) is 2. The Balaban J connectivity index is 1.96. The van der Waals surface area contributed by atoms with Crippen LogP contribution in [0, 0.1) is 11.8 Å². The monoisotopic (exact) mass is 277 g/mol. The first kappa shape index (κ1) is 14.6. The van der Waals surface area contributed by atoms with E-state index < -0.39 is 0 Å². The van der Waals surface area contributed by atoms with E-state index in [0.717, 1.165) is 12.8 Å². The Hall–Kier alpha value is -1.78. The molecule has 1 aliphatic carbocycles. The molecule has 3 N–H and O–H groups in total. The minimum Gasteiger partial charge on any atom is -0.398 e. The number of rotatable bonds is 4. The van der Waals surface area contributed by atoms with Crippen LogP contribution >= 0.6 is 0 Å². The Morgan fingerprint density at radius 3 is 2.85 bits per heavy atom. The van der Waals surface area contributed by atoms with Crippen molar-refractivity contribution in [2.45, 2.75) is 45.7 Å². The molecule has 1 aliphatic rings. The summed E-state index contributed by atoms with van der Waals surface area (Å²) in [5.41, 5.74) is 5.91. The van der Waals surface area contributed by atoms with E-state index in [-0.39, 0.29) is 24.1 Å². The van der Waals surface area contributed by atoms with Gasteiger partial charge in [0.05, 0.1) is 0 Å². The normalized spacial score (nSPS) is 25.6. The summed E-state index contributed by atoms with van der Waals surface area (Å²) in [6.45, 7) is 4.42. The molecule has 0 bridgehead atoms. The Morgan fingerprint density at radius 1 is 1.45 bits per heavy atom. The Kier molecular flexibility index (Phi) is 4.47. The highest BCUT2D eigenvalue weighted by Gasteiger charge is 2.32. The number of aromatic nitrogens is 1. The van der Waals surface area contributed by atoms with Gasteiger partial charge in [-0.1, -0.05) is 20.3 Å². The molecule has 5 heteroatoms. The standard InChI is InChI=1S/C15H23N3O2/c1-3-11-4-6-13(10(11)2)17-14(19)9-18-8-12(16)5-7-15(18)20/h5,7-8,10-11,13H,3-4,6,9,16H2,1-2H3,(H,17,19). The van der Waals surface area contributed by atoms with Crippen molar-refractivity contribution in [3.8, 4) is 0 Å². The van der Waals surface area contributed by atoms with Crippen LogP contribution < -0.4 is 16.6 Å². The number of nitrogens with two attached hydrogens (primary N) is 1. The molecular formula is C15H23N3O2. The van der Waals surface area contributed by atoms with E-state index in [0.29, 0.717) is 17.5 Å². The molecule has 1 aromatic rings. The van der Waals surface area contributed by atoms with Gasteiger partial charge in [0.1, 0.15) is 6.54 Å². The van der Waals surface area contributed by atoms with Crippen molar-refractivity contribution >= 4 is 11.6 Å². The van der Waals surface area contributed by atoms with Crippen LogP contribution in [0.15, 0.2) is 23.1 Å². The quantitative estimate of drug-likeness (QED) is 0.872. The molecule has 5 nitrogen and oxygen atoms in total. The zero-order chi connectivity index (χ0) is 14.7. The molecule has 1 fully saturated rings. The molecule has 20 heavy (non-hydrogen) atoms. The first-order valence-electron chi connectivity index (χ1n) is 7.26. The van der Waals surface area contributed by atoms with Gasteiger partial charge in [0, 0.05) is 24.0 Å². The minimum absolute atomic E-state index is 0.0316. The third kappa shape index (κ3) is 3.21. The molecule has 110 valence electrons. The summed E-state index contributed by atoms with van der Waals surface area (Å²) in [6.07, 6.45) is 4.86. The average Bonchev–Trinajstić information content (AvgIpc) is 2.75. The maximum atomic E-state index is 12.1. The van der Waals surface area contributed by atoms with E-state index in [9.17, 15) is 9.59 Å². The van der Waals surface area contributed by atoms with Gasteiger partial charge in [-0.2, -0.15) is 0 Å². The number of amides is 1. The van der Waals surface area contributed by atoms with E-state index >= 15 is 0 Å². The summed E-state index contributed by atoms with van der Waals surface area (Å²) < 4.78 is 1.35. The summed E-state index contributed by atoms with van der Waals surface area (Å²) in [6, 6.07) is 3.15. The molecule has 0 radical (unpaired) electrons. The SMILES string of the molecule is CCC1CCC(NC(=O)Cn2cc(N)ccc2=O)C1C. The number of carbonyl (C=O) groups excluding carboxylic acids is 1. The molecule has 0 aliphatic heterocycles. The second kappa shape index (κ2) is 6.11. The van der Waals surface area contributed by atoms with Crippen LogP contribution in [0.3, 0.4) is 0 Å². The van der Waals surface area contributed by atoms with E-state index in [1.807, 2.05) is 0 Å². The van der Waals surface area contributed by atoms with Crippen LogP contribution in [0.25, 0.3) is 0 Å². The van der Waals surface area contributed by atoms with Crippen molar-refractivity contribution in [2.75, 3.05) is 5.73 Å². The van der Waals surface area contributed by atoms with Crippen molar-refractivity contribution in [1.82, 2.24) is 9.88 Å². The maximum absolute atomic E-state index is 12.1. The molecule has 1 heterocycles. The fraction of sp³-hybridized carbons (Fsp3) is 0.600. The van der Waals surface area contributed by atoms with Crippen LogP contribution in [-0.2, 0) is 11.3 Å². The Bertz CT molecular complexity index is 538. The lowest BCUT2D eigenvalue weighted by atomic mass is 9.93. The first-order chi connectivity index (χ1) is 9.51. The molecule has 3 atom stereocenters. The number of nitrogens with zero attached hydrogens (tertiary/aromatic N) is 1. The molecular weight excluding hydrogens is 254 g/mol. The molecule has 1 amide bonds. The third-order valence-electron chi connectivity index (χ3n) is 4.42. The maximum Gasteiger partial charge on any atom is 0.251 e. The van der Waals surface area contributed by atoms with Gasteiger partial charge in [0.15, 0.2) is 0 Å². The third-order valence-corrected chi connectivity index (χ3v) is 4.42. The van der Waals surface area contributed by atoms with Gasteiger partial charge >= 0.3 is 0 Å². The van der Waals surface area contributed by atoms with Gasteiger partial charge in [0.25, 0.3) is 5.56 Å². The lowest BCUT2D eigenvalue weighted by molar-refractivity contribution is -0.122. The topological polar surface area (TPSA) is 77.1 Å². The fourth-order valence-electron chi connectivity index (χ4n) is 3.11. The number of nitrogen functional groups attached to an aromatic ring is 1. The number of pyridine rings is 1. The van der Waals surface area contributed by atoms with Crippen molar-refractivity contribution in [3.05, 3.63) is 28.7 Å². The van der Waals surface area contributed by atoms with Crippen molar-refractivity contribution in [2.24, 2.45) is 11.8 Å². The molecule has 2 rings (SSSR count). The first-order valence-corrected chi connectivity index (χ1v) is 7.26. The highest BCUT2D eigenvalue weighted by molar-refractivity contribution is 5.76. The lowest BCUT2D eigenvalue weighted by Crippen LogP contribution is -2.40. The molecule has 0 aromatic carbocycles. The van der Waals surface area contributed by atoms with E-state index in [1.165, 1.54) is 23.3 Å². The highest BCUT2D eigenvalue weighted by Crippen LogP contribution is 2.33. The number of nitrogens with one attached hydrogen (secondary N) is 1. The number of hydrogen-bond acceptors (Lipinski definition) is 3. The van der Waals surface area contributed by atoms with Crippen molar-refractivity contribution in [3.63, 3.8) is 0 Å². The molecule has 3 unspecified atom stereocenters.